The van der Waals surface area contributed by atoms with E-state index in [4.69, 9.17) is 14.2 Å². The molecule has 0 amide bonds. The number of ether oxygens (including phenoxy) is 3. The van der Waals surface area contributed by atoms with Crippen molar-refractivity contribution in [2.75, 3.05) is 33.1 Å². The highest BCUT2D eigenvalue weighted by atomic mass is 16.7. The van der Waals surface area contributed by atoms with Crippen LogP contribution in [0.5, 0.6) is 11.5 Å². The maximum Gasteiger partial charge on any atom is 0.231 e. The van der Waals surface area contributed by atoms with Crippen molar-refractivity contribution in [2.45, 2.75) is 18.8 Å². The smallest absolute Gasteiger partial charge is 0.231 e. The molecule has 3 heterocycles. The third-order valence-corrected chi connectivity index (χ3v) is 4.85. The second-order valence-electron chi connectivity index (χ2n) is 5.77. The molecule has 1 aromatic rings. The zero-order valence-corrected chi connectivity index (χ0v) is 11.0. The molecule has 2 fully saturated rings. The summed E-state index contributed by atoms with van der Waals surface area (Å²) in [5.41, 5.74) is 1.74. The van der Waals surface area contributed by atoms with E-state index in [2.05, 4.69) is 17.4 Å². The van der Waals surface area contributed by atoms with Crippen LogP contribution in [-0.4, -0.2) is 33.1 Å². The predicted octanol–water partition coefficient (Wildman–Crippen LogP) is 1.90. The van der Waals surface area contributed by atoms with Gasteiger partial charge in [-0.05, 0) is 36.0 Å². The largest absolute Gasteiger partial charge is 0.454 e. The van der Waals surface area contributed by atoms with Crippen LogP contribution in [0.1, 0.15) is 24.3 Å². The first-order valence-electron chi connectivity index (χ1n) is 7.05. The minimum atomic E-state index is 0.348. The van der Waals surface area contributed by atoms with Gasteiger partial charge in [0.2, 0.25) is 6.79 Å². The molecule has 0 aromatic heterocycles. The van der Waals surface area contributed by atoms with Gasteiger partial charge < -0.3 is 19.5 Å². The van der Waals surface area contributed by atoms with Crippen LogP contribution in [0.4, 0.5) is 0 Å². The molecule has 3 aliphatic rings. The van der Waals surface area contributed by atoms with E-state index in [-0.39, 0.29) is 0 Å². The van der Waals surface area contributed by atoms with Crippen molar-refractivity contribution >= 4 is 0 Å². The first-order valence-corrected chi connectivity index (χ1v) is 7.05. The molecule has 3 aliphatic heterocycles. The van der Waals surface area contributed by atoms with Gasteiger partial charge in [0.05, 0.1) is 0 Å². The molecule has 0 radical (unpaired) electrons. The summed E-state index contributed by atoms with van der Waals surface area (Å²) < 4.78 is 16.4. The summed E-state index contributed by atoms with van der Waals surface area (Å²) in [5, 5.41) is 3.57. The van der Waals surface area contributed by atoms with Gasteiger partial charge in [-0.3, -0.25) is 0 Å². The quantitative estimate of drug-likeness (QED) is 0.838. The second-order valence-corrected chi connectivity index (χ2v) is 5.77. The van der Waals surface area contributed by atoms with E-state index in [1.165, 1.54) is 5.56 Å². The lowest BCUT2D eigenvalue weighted by atomic mass is 9.69. The van der Waals surface area contributed by atoms with E-state index in [0.29, 0.717) is 18.1 Å². The number of fused-ring (bicyclic) bond motifs is 1. The predicted molar refractivity (Wildman–Crippen MR) is 70.7 cm³/mol. The molecule has 4 rings (SSSR count). The summed E-state index contributed by atoms with van der Waals surface area (Å²) in [5.74, 6) is 2.33. The van der Waals surface area contributed by atoms with E-state index in [0.717, 1.165) is 50.6 Å². The molecule has 0 aliphatic carbocycles. The molecular weight excluding hydrogens is 242 g/mol. The Morgan fingerprint density at radius 1 is 1.11 bits per heavy atom. The van der Waals surface area contributed by atoms with Crippen LogP contribution >= 0.6 is 0 Å². The van der Waals surface area contributed by atoms with Crippen molar-refractivity contribution in [3.63, 3.8) is 0 Å². The molecule has 102 valence electrons. The van der Waals surface area contributed by atoms with Crippen LogP contribution in [0.15, 0.2) is 18.2 Å². The second kappa shape index (κ2) is 4.39. The zero-order chi connectivity index (χ0) is 12.7. The maximum absolute atomic E-state index is 5.54. The van der Waals surface area contributed by atoms with E-state index >= 15 is 0 Å². The fourth-order valence-corrected chi connectivity index (χ4v) is 3.71. The number of benzene rings is 1. The number of hydrogen-bond donors (Lipinski definition) is 1. The monoisotopic (exact) mass is 261 g/mol. The van der Waals surface area contributed by atoms with Gasteiger partial charge in [-0.15, -0.1) is 0 Å². The first kappa shape index (κ1) is 11.6. The van der Waals surface area contributed by atoms with Crippen LogP contribution in [-0.2, 0) is 4.74 Å². The summed E-state index contributed by atoms with van der Waals surface area (Å²) in [6, 6.07) is 6.41. The van der Waals surface area contributed by atoms with Crippen LogP contribution in [0.3, 0.4) is 0 Å². The van der Waals surface area contributed by atoms with Gasteiger partial charge in [-0.25, -0.2) is 0 Å². The molecule has 1 aromatic carbocycles. The molecule has 0 bridgehead atoms. The lowest BCUT2D eigenvalue weighted by molar-refractivity contribution is 0.0165. The van der Waals surface area contributed by atoms with Crippen LogP contribution in [0.2, 0.25) is 0 Å². The summed E-state index contributed by atoms with van der Waals surface area (Å²) in [4.78, 5) is 0. The number of nitrogens with one attached hydrogen (secondary N) is 1. The lowest BCUT2D eigenvalue weighted by Crippen LogP contribution is -2.35. The highest BCUT2D eigenvalue weighted by Gasteiger charge is 2.44. The highest BCUT2D eigenvalue weighted by molar-refractivity contribution is 5.46. The Morgan fingerprint density at radius 2 is 1.95 bits per heavy atom. The fraction of sp³-hybridized carbons (Fsp3) is 0.600. The van der Waals surface area contributed by atoms with Crippen LogP contribution < -0.4 is 14.8 Å². The van der Waals surface area contributed by atoms with Gasteiger partial charge in [0.1, 0.15) is 0 Å². The molecule has 1 N–H and O–H groups in total. The molecule has 4 heteroatoms. The van der Waals surface area contributed by atoms with Crippen LogP contribution in [0, 0.1) is 5.41 Å². The van der Waals surface area contributed by atoms with E-state index in [9.17, 15) is 0 Å². The third-order valence-electron chi connectivity index (χ3n) is 4.85. The van der Waals surface area contributed by atoms with Gasteiger partial charge in [0, 0.05) is 32.2 Å². The summed E-state index contributed by atoms with van der Waals surface area (Å²) in [7, 11) is 0. The fourth-order valence-electron chi connectivity index (χ4n) is 3.71. The number of hydrogen-bond acceptors (Lipinski definition) is 4. The van der Waals surface area contributed by atoms with Crippen molar-refractivity contribution in [2.24, 2.45) is 5.41 Å². The zero-order valence-electron chi connectivity index (χ0n) is 11.0. The van der Waals surface area contributed by atoms with Crippen molar-refractivity contribution in [1.29, 1.82) is 0 Å². The Hall–Kier alpha value is -1.26. The summed E-state index contributed by atoms with van der Waals surface area (Å²) in [6.45, 7) is 4.29. The maximum atomic E-state index is 5.54. The highest BCUT2D eigenvalue weighted by Crippen LogP contribution is 2.48. The van der Waals surface area contributed by atoms with Gasteiger partial charge in [-0.2, -0.15) is 0 Å². The third kappa shape index (κ3) is 1.82. The Kier molecular flexibility index (Phi) is 2.67. The molecule has 0 saturated carbocycles. The van der Waals surface area contributed by atoms with Gasteiger partial charge in [0.25, 0.3) is 0 Å². The van der Waals surface area contributed by atoms with Crippen molar-refractivity contribution in [3.8, 4) is 11.5 Å². The Balaban J connectivity index is 1.67. The summed E-state index contributed by atoms with van der Waals surface area (Å²) >= 11 is 0. The minimum absolute atomic E-state index is 0.348. The molecule has 4 nitrogen and oxygen atoms in total. The SMILES string of the molecule is c1cc2c(cc1C1CNCC13CCOCC3)OCO2. The average molecular weight is 261 g/mol. The van der Waals surface area contributed by atoms with Crippen molar-refractivity contribution in [1.82, 2.24) is 5.32 Å². The summed E-state index contributed by atoms with van der Waals surface area (Å²) in [6.07, 6.45) is 2.30. The Bertz CT molecular complexity index is 482. The normalized spacial score (nSPS) is 27.9. The Morgan fingerprint density at radius 3 is 2.84 bits per heavy atom. The van der Waals surface area contributed by atoms with Crippen molar-refractivity contribution < 1.29 is 14.2 Å². The topological polar surface area (TPSA) is 39.7 Å². The lowest BCUT2D eigenvalue weighted by Gasteiger charge is -2.38. The number of rotatable bonds is 1. The minimum Gasteiger partial charge on any atom is -0.454 e. The van der Waals surface area contributed by atoms with Gasteiger partial charge in [-0.1, -0.05) is 6.07 Å². The molecular formula is C15H19NO3. The molecule has 1 unspecified atom stereocenters. The molecule has 1 atom stereocenters. The van der Waals surface area contributed by atoms with E-state index in [1.54, 1.807) is 0 Å². The average Bonchev–Trinajstić information content (AvgIpc) is 3.06. The van der Waals surface area contributed by atoms with E-state index < -0.39 is 0 Å². The molecule has 2 saturated heterocycles. The standard InChI is InChI=1S/C15H19NO3/c1-2-13-14(19-10-18-13)7-11(1)12-8-16-9-15(12)3-5-17-6-4-15/h1-2,7,12,16H,3-6,8-10H2. The first-order chi connectivity index (χ1) is 9.37. The Labute approximate surface area is 113 Å². The van der Waals surface area contributed by atoms with Crippen LogP contribution in [0.25, 0.3) is 0 Å². The van der Waals surface area contributed by atoms with Crippen molar-refractivity contribution in [3.05, 3.63) is 23.8 Å². The van der Waals surface area contributed by atoms with Gasteiger partial charge >= 0.3 is 0 Å². The van der Waals surface area contributed by atoms with Gasteiger partial charge in [0.15, 0.2) is 11.5 Å². The molecule has 19 heavy (non-hydrogen) atoms. The molecule has 1 spiro atoms. The van der Waals surface area contributed by atoms with E-state index in [1.807, 2.05) is 6.07 Å².